The van der Waals surface area contributed by atoms with Gasteiger partial charge in [-0.05, 0) is 31.0 Å². The minimum absolute atomic E-state index is 0.584. The lowest BCUT2D eigenvalue weighted by Crippen LogP contribution is -2.45. The van der Waals surface area contributed by atoms with E-state index in [1.165, 1.54) is 22.6 Å². The van der Waals surface area contributed by atoms with Crippen molar-refractivity contribution in [3.8, 4) is 0 Å². The van der Waals surface area contributed by atoms with Gasteiger partial charge in [-0.2, -0.15) is 11.8 Å². The first kappa shape index (κ1) is 12.8. The van der Waals surface area contributed by atoms with E-state index in [9.17, 15) is 0 Å². The quantitative estimate of drug-likeness (QED) is 0.875. The van der Waals surface area contributed by atoms with Gasteiger partial charge in [-0.15, -0.1) is 0 Å². The Morgan fingerprint density at radius 3 is 2.88 bits per heavy atom. The molecule has 2 atom stereocenters. The van der Waals surface area contributed by atoms with E-state index >= 15 is 0 Å². The molecule has 1 heterocycles. The van der Waals surface area contributed by atoms with Crippen LogP contribution in [-0.4, -0.2) is 23.6 Å². The highest BCUT2D eigenvalue weighted by Gasteiger charge is 2.26. The van der Waals surface area contributed by atoms with E-state index in [-0.39, 0.29) is 0 Å². The van der Waals surface area contributed by atoms with Crippen LogP contribution in [0.5, 0.6) is 0 Å². The van der Waals surface area contributed by atoms with Crippen LogP contribution in [0.4, 0.5) is 5.69 Å². The number of benzene rings is 1. The van der Waals surface area contributed by atoms with Crippen molar-refractivity contribution < 1.29 is 0 Å². The van der Waals surface area contributed by atoms with Crippen LogP contribution in [0.3, 0.4) is 0 Å². The normalized spacial score (nSPS) is 25.1. The third-order valence-corrected chi connectivity index (χ3v) is 4.99. The van der Waals surface area contributed by atoms with Crippen molar-refractivity contribution in [3.05, 3.63) is 29.3 Å². The van der Waals surface area contributed by atoms with E-state index in [0.29, 0.717) is 17.8 Å². The fraction of sp³-hybridized carbons (Fsp3) is 0.571. The Hall–Kier alpha value is -0.670. The number of rotatable bonds is 2. The topological polar surface area (TPSA) is 29.3 Å². The van der Waals surface area contributed by atoms with Crippen LogP contribution >= 0.6 is 11.8 Å². The first-order valence-corrected chi connectivity index (χ1v) is 7.36. The highest BCUT2D eigenvalue weighted by Crippen LogP contribution is 2.31. The molecule has 0 amide bonds. The third kappa shape index (κ3) is 2.61. The van der Waals surface area contributed by atoms with Gasteiger partial charge in [0.1, 0.15) is 0 Å². The SMILES string of the molecule is Cc1ccc(CN)c(N2CCSC(C)C2C)c1. The fourth-order valence-corrected chi connectivity index (χ4v) is 3.49. The summed E-state index contributed by atoms with van der Waals surface area (Å²) in [7, 11) is 0. The summed E-state index contributed by atoms with van der Waals surface area (Å²) in [5.41, 5.74) is 9.78. The van der Waals surface area contributed by atoms with Gasteiger partial charge in [0.05, 0.1) is 0 Å². The predicted octanol–water partition coefficient (Wildman–Crippen LogP) is 2.78. The van der Waals surface area contributed by atoms with Gasteiger partial charge in [0, 0.05) is 35.8 Å². The molecule has 94 valence electrons. The third-order valence-electron chi connectivity index (χ3n) is 3.65. The zero-order valence-electron chi connectivity index (χ0n) is 10.9. The lowest BCUT2D eigenvalue weighted by atomic mass is 10.1. The number of thioether (sulfide) groups is 1. The summed E-state index contributed by atoms with van der Waals surface area (Å²) >= 11 is 2.07. The van der Waals surface area contributed by atoms with E-state index in [0.717, 1.165) is 6.54 Å². The summed E-state index contributed by atoms with van der Waals surface area (Å²) in [4.78, 5) is 2.52. The monoisotopic (exact) mass is 250 g/mol. The molecule has 17 heavy (non-hydrogen) atoms. The number of hydrogen-bond acceptors (Lipinski definition) is 3. The number of nitrogens with zero attached hydrogens (tertiary/aromatic N) is 1. The summed E-state index contributed by atoms with van der Waals surface area (Å²) in [5.74, 6) is 1.21. The molecule has 2 nitrogen and oxygen atoms in total. The minimum Gasteiger partial charge on any atom is -0.367 e. The van der Waals surface area contributed by atoms with Crippen LogP contribution in [-0.2, 0) is 6.54 Å². The van der Waals surface area contributed by atoms with Crippen LogP contribution in [0.25, 0.3) is 0 Å². The second-order valence-electron chi connectivity index (χ2n) is 4.85. The maximum absolute atomic E-state index is 5.86. The Bertz CT molecular complexity index is 392. The molecule has 3 heteroatoms. The molecule has 0 saturated carbocycles. The highest BCUT2D eigenvalue weighted by molar-refractivity contribution is 8.00. The van der Waals surface area contributed by atoms with Crippen molar-refractivity contribution in [2.45, 2.75) is 38.6 Å². The maximum Gasteiger partial charge on any atom is 0.0417 e. The molecule has 2 N–H and O–H groups in total. The maximum atomic E-state index is 5.86. The zero-order chi connectivity index (χ0) is 12.4. The van der Waals surface area contributed by atoms with E-state index in [2.05, 4.69) is 55.6 Å². The molecule has 1 aromatic carbocycles. The first-order chi connectivity index (χ1) is 8.13. The number of aryl methyl sites for hydroxylation is 1. The van der Waals surface area contributed by atoms with E-state index in [1.54, 1.807) is 0 Å². The fourth-order valence-electron chi connectivity index (χ4n) is 2.39. The molecule has 0 radical (unpaired) electrons. The molecule has 0 spiro atoms. The molecular formula is C14H22N2S. The Balaban J connectivity index is 2.34. The van der Waals surface area contributed by atoms with E-state index in [4.69, 9.17) is 5.73 Å². The van der Waals surface area contributed by atoms with Gasteiger partial charge in [-0.1, -0.05) is 19.1 Å². The molecule has 2 rings (SSSR count). The highest BCUT2D eigenvalue weighted by atomic mass is 32.2. The van der Waals surface area contributed by atoms with Crippen LogP contribution in [0, 0.1) is 6.92 Å². The van der Waals surface area contributed by atoms with Gasteiger partial charge in [-0.3, -0.25) is 0 Å². The van der Waals surface area contributed by atoms with Crippen LogP contribution < -0.4 is 10.6 Å². The summed E-state index contributed by atoms with van der Waals surface area (Å²) in [6.07, 6.45) is 0. The lowest BCUT2D eigenvalue weighted by Gasteiger charge is -2.40. The van der Waals surface area contributed by atoms with Gasteiger partial charge < -0.3 is 10.6 Å². The Labute approximate surface area is 109 Å². The second-order valence-corrected chi connectivity index (χ2v) is 6.33. The first-order valence-electron chi connectivity index (χ1n) is 6.31. The van der Waals surface area contributed by atoms with Gasteiger partial charge in [0.15, 0.2) is 0 Å². The van der Waals surface area contributed by atoms with Crippen molar-refractivity contribution in [2.75, 3.05) is 17.2 Å². The second kappa shape index (κ2) is 5.32. The number of nitrogens with two attached hydrogens (primary N) is 1. The van der Waals surface area contributed by atoms with Gasteiger partial charge in [0.25, 0.3) is 0 Å². The molecule has 1 aromatic rings. The van der Waals surface area contributed by atoms with Crippen LogP contribution in [0.15, 0.2) is 18.2 Å². The zero-order valence-corrected chi connectivity index (χ0v) is 11.8. The largest absolute Gasteiger partial charge is 0.367 e. The van der Waals surface area contributed by atoms with E-state index < -0.39 is 0 Å². The molecule has 0 aromatic heterocycles. The van der Waals surface area contributed by atoms with E-state index in [1.807, 2.05) is 0 Å². The van der Waals surface area contributed by atoms with Gasteiger partial charge in [-0.25, -0.2) is 0 Å². The van der Waals surface area contributed by atoms with Gasteiger partial charge in [0.2, 0.25) is 0 Å². The van der Waals surface area contributed by atoms with Crippen molar-refractivity contribution in [1.29, 1.82) is 0 Å². The Kier molecular flexibility index (Phi) is 4.00. The number of hydrogen-bond donors (Lipinski definition) is 1. The summed E-state index contributed by atoms with van der Waals surface area (Å²) in [6.45, 7) is 8.54. The summed E-state index contributed by atoms with van der Waals surface area (Å²) in [6, 6.07) is 7.19. The lowest BCUT2D eigenvalue weighted by molar-refractivity contribution is 0.624. The molecule has 2 unspecified atom stereocenters. The summed E-state index contributed by atoms with van der Waals surface area (Å²) in [5, 5.41) is 0.690. The molecule has 1 fully saturated rings. The standard InChI is InChI=1S/C14H22N2S/c1-10-4-5-13(9-15)14(8-10)16-6-7-17-12(3)11(16)2/h4-5,8,11-12H,6-7,9,15H2,1-3H3. The Morgan fingerprint density at radius 1 is 1.41 bits per heavy atom. The molecule has 0 bridgehead atoms. The van der Waals surface area contributed by atoms with Crippen molar-refractivity contribution in [1.82, 2.24) is 0 Å². The van der Waals surface area contributed by atoms with Crippen LogP contribution in [0.2, 0.25) is 0 Å². The predicted molar refractivity (Wildman–Crippen MR) is 77.8 cm³/mol. The molecule has 1 aliphatic heterocycles. The smallest absolute Gasteiger partial charge is 0.0417 e. The average Bonchev–Trinajstić information content (AvgIpc) is 2.33. The minimum atomic E-state index is 0.584. The molecule has 1 aliphatic rings. The molecule has 0 aliphatic carbocycles. The van der Waals surface area contributed by atoms with Crippen molar-refractivity contribution >= 4 is 17.4 Å². The molecule has 1 saturated heterocycles. The Morgan fingerprint density at radius 2 is 2.18 bits per heavy atom. The van der Waals surface area contributed by atoms with Crippen molar-refractivity contribution in [2.24, 2.45) is 5.73 Å². The molecular weight excluding hydrogens is 228 g/mol. The summed E-state index contributed by atoms with van der Waals surface area (Å²) < 4.78 is 0. The average molecular weight is 250 g/mol. The van der Waals surface area contributed by atoms with Crippen molar-refractivity contribution in [3.63, 3.8) is 0 Å². The van der Waals surface area contributed by atoms with Gasteiger partial charge >= 0.3 is 0 Å². The number of anilines is 1. The van der Waals surface area contributed by atoms with Crippen LogP contribution in [0.1, 0.15) is 25.0 Å².